The molecule has 0 radical (unpaired) electrons. The predicted molar refractivity (Wildman–Crippen MR) is 111 cm³/mol. The number of ether oxygens (including phenoxy) is 3. The number of aliphatic hydroxyl groups excluding tert-OH is 1. The zero-order valence-corrected chi connectivity index (χ0v) is 16.4. The van der Waals surface area contributed by atoms with Crippen LogP contribution < -0.4 is 14.2 Å². The lowest BCUT2D eigenvalue weighted by Crippen LogP contribution is -1.91. The summed E-state index contributed by atoms with van der Waals surface area (Å²) in [7, 11) is 4.72. The van der Waals surface area contributed by atoms with Crippen molar-refractivity contribution >= 4 is 17.9 Å². The second kappa shape index (κ2) is 10.0. The van der Waals surface area contributed by atoms with E-state index in [9.17, 15) is 9.90 Å². The minimum atomic E-state index is -0.335. The maximum Gasteiger partial charge on any atom is 0.182 e. The van der Waals surface area contributed by atoms with Crippen LogP contribution in [0.5, 0.6) is 17.2 Å². The first-order valence-corrected chi connectivity index (χ1v) is 8.64. The third kappa shape index (κ3) is 5.77. The molecule has 0 aliphatic carbocycles. The Morgan fingerprint density at radius 3 is 2.04 bits per heavy atom. The van der Waals surface area contributed by atoms with Crippen molar-refractivity contribution in [3.05, 3.63) is 77.1 Å². The maximum absolute atomic E-state index is 12.0. The Bertz CT molecular complexity index is 923. The van der Waals surface area contributed by atoms with Crippen LogP contribution >= 0.6 is 0 Å². The average molecular weight is 380 g/mol. The van der Waals surface area contributed by atoms with E-state index in [1.165, 1.54) is 12.2 Å². The van der Waals surface area contributed by atoms with E-state index in [1.54, 1.807) is 51.7 Å². The van der Waals surface area contributed by atoms with Gasteiger partial charge in [0.15, 0.2) is 17.3 Å². The summed E-state index contributed by atoms with van der Waals surface area (Å²) in [4.78, 5) is 12.0. The van der Waals surface area contributed by atoms with Gasteiger partial charge in [0.2, 0.25) is 0 Å². The molecule has 0 aromatic heterocycles. The van der Waals surface area contributed by atoms with Crippen molar-refractivity contribution in [2.75, 3.05) is 21.3 Å². The molecule has 28 heavy (non-hydrogen) atoms. The highest BCUT2D eigenvalue weighted by Crippen LogP contribution is 2.28. The minimum absolute atomic E-state index is 0.137. The first kappa shape index (κ1) is 20.8. The Morgan fingerprint density at radius 2 is 1.39 bits per heavy atom. The molecule has 0 heterocycles. The number of allylic oxidation sites excluding steroid dienone is 3. The summed E-state index contributed by atoms with van der Waals surface area (Å²) < 4.78 is 15.7. The van der Waals surface area contributed by atoms with Gasteiger partial charge in [0.25, 0.3) is 0 Å². The Kier molecular flexibility index (Phi) is 7.45. The smallest absolute Gasteiger partial charge is 0.182 e. The van der Waals surface area contributed by atoms with Crippen molar-refractivity contribution in [3.8, 4) is 17.2 Å². The van der Waals surface area contributed by atoms with E-state index >= 15 is 0 Å². The third-order valence-electron chi connectivity index (χ3n) is 4.02. The fourth-order valence-corrected chi connectivity index (χ4v) is 2.50. The first-order chi connectivity index (χ1) is 13.5. The Hall–Kier alpha value is -3.47. The number of carbonyl (C=O) groups is 1. The van der Waals surface area contributed by atoms with Gasteiger partial charge in [-0.2, -0.15) is 0 Å². The summed E-state index contributed by atoms with van der Waals surface area (Å²) >= 11 is 0. The third-order valence-corrected chi connectivity index (χ3v) is 4.02. The summed E-state index contributed by atoms with van der Waals surface area (Å²) in [6, 6.07) is 11.0. The molecule has 0 aliphatic heterocycles. The number of benzene rings is 2. The van der Waals surface area contributed by atoms with E-state index in [4.69, 9.17) is 14.2 Å². The Morgan fingerprint density at radius 1 is 0.821 bits per heavy atom. The van der Waals surface area contributed by atoms with Crippen LogP contribution in [0.25, 0.3) is 12.2 Å². The molecule has 5 heteroatoms. The van der Waals surface area contributed by atoms with Crippen molar-refractivity contribution in [1.29, 1.82) is 0 Å². The van der Waals surface area contributed by atoms with Crippen LogP contribution in [0.1, 0.15) is 16.7 Å². The lowest BCUT2D eigenvalue weighted by molar-refractivity contribution is -0.110. The van der Waals surface area contributed by atoms with Gasteiger partial charge in [0.1, 0.15) is 11.5 Å². The monoisotopic (exact) mass is 380 g/mol. The number of methoxy groups -OCH3 is 3. The predicted octanol–water partition coefficient (Wildman–Crippen LogP) is 4.76. The van der Waals surface area contributed by atoms with Gasteiger partial charge in [-0.15, -0.1) is 0 Å². The molecule has 0 atom stereocenters. The molecule has 0 saturated heterocycles. The van der Waals surface area contributed by atoms with E-state index in [2.05, 4.69) is 0 Å². The Labute approximate surface area is 165 Å². The molecule has 0 amide bonds. The summed E-state index contributed by atoms with van der Waals surface area (Å²) in [5.41, 5.74) is 2.66. The molecule has 2 aromatic carbocycles. The Balaban J connectivity index is 2.06. The normalized spacial score (nSPS) is 11.8. The van der Waals surface area contributed by atoms with Gasteiger partial charge >= 0.3 is 0 Å². The number of carbonyl (C=O) groups excluding carboxylic acids is 1. The SMILES string of the molecule is COc1cc(/C=C/C(O)=C/C(=O)/C=C/c2ccc(OC)c(OC)c2)ccc1C. The van der Waals surface area contributed by atoms with Gasteiger partial charge in [-0.1, -0.05) is 30.4 Å². The van der Waals surface area contributed by atoms with Crippen LogP contribution in [-0.4, -0.2) is 32.2 Å². The summed E-state index contributed by atoms with van der Waals surface area (Å²) in [6.45, 7) is 1.95. The summed E-state index contributed by atoms with van der Waals surface area (Å²) in [6.07, 6.45) is 7.34. The summed E-state index contributed by atoms with van der Waals surface area (Å²) in [5.74, 6) is 1.48. The fraction of sp³-hybridized carbons (Fsp3) is 0.174. The molecule has 0 fully saturated rings. The lowest BCUT2D eigenvalue weighted by atomic mass is 10.1. The number of hydrogen-bond acceptors (Lipinski definition) is 5. The fourth-order valence-electron chi connectivity index (χ4n) is 2.50. The van der Waals surface area contributed by atoms with Crippen LogP contribution in [0.15, 0.2) is 60.4 Å². The highest BCUT2D eigenvalue weighted by Gasteiger charge is 2.03. The van der Waals surface area contributed by atoms with Crippen LogP contribution in [0.4, 0.5) is 0 Å². The minimum Gasteiger partial charge on any atom is -0.508 e. The van der Waals surface area contributed by atoms with E-state index in [0.29, 0.717) is 11.5 Å². The molecule has 0 spiro atoms. The molecule has 0 unspecified atom stereocenters. The zero-order chi connectivity index (χ0) is 20.5. The molecular weight excluding hydrogens is 356 g/mol. The van der Waals surface area contributed by atoms with Crippen LogP contribution in [0.2, 0.25) is 0 Å². The first-order valence-electron chi connectivity index (χ1n) is 8.64. The second-order valence-corrected chi connectivity index (χ2v) is 5.98. The van der Waals surface area contributed by atoms with Crippen LogP contribution in [0, 0.1) is 6.92 Å². The van der Waals surface area contributed by atoms with E-state index in [1.807, 2.05) is 25.1 Å². The highest BCUT2D eigenvalue weighted by atomic mass is 16.5. The van der Waals surface area contributed by atoms with Crippen molar-refractivity contribution in [3.63, 3.8) is 0 Å². The van der Waals surface area contributed by atoms with E-state index < -0.39 is 0 Å². The molecule has 146 valence electrons. The summed E-state index contributed by atoms with van der Waals surface area (Å²) in [5, 5.41) is 9.96. The van der Waals surface area contributed by atoms with Gasteiger partial charge in [-0.3, -0.25) is 4.79 Å². The van der Waals surface area contributed by atoms with Crippen LogP contribution in [0.3, 0.4) is 0 Å². The van der Waals surface area contributed by atoms with Gasteiger partial charge in [-0.25, -0.2) is 0 Å². The molecule has 2 aromatic rings. The number of hydrogen-bond donors (Lipinski definition) is 1. The number of aliphatic hydroxyl groups is 1. The largest absolute Gasteiger partial charge is 0.508 e. The highest BCUT2D eigenvalue weighted by molar-refractivity contribution is 6.02. The zero-order valence-electron chi connectivity index (χ0n) is 16.4. The molecule has 0 aliphatic rings. The second-order valence-electron chi connectivity index (χ2n) is 5.98. The van der Waals surface area contributed by atoms with Crippen molar-refractivity contribution in [2.24, 2.45) is 0 Å². The molecule has 5 nitrogen and oxygen atoms in total. The standard InChI is InChI=1S/C23H24O5/c1-16-5-6-17(13-22(16)27-3)7-10-19(24)15-20(25)11-8-18-9-12-21(26-2)23(14-18)28-4/h5-15,24H,1-4H3/b10-7+,11-8+,19-15-. The van der Waals surface area contributed by atoms with Gasteiger partial charge in [0.05, 0.1) is 21.3 Å². The van der Waals surface area contributed by atoms with Gasteiger partial charge in [-0.05, 0) is 54.0 Å². The van der Waals surface area contributed by atoms with Crippen molar-refractivity contribution in [2.45, 2.75) is 6.92 Å². The molecule has 0 bridgehead atoms. The molecule has 1 N–H and O–H groups in total. The lowest BCUT2D eigenvalue weighted by Gasteiger charge is -2.07. The van der Waals surface area contributed by atoms with E-state index in [0.717, 1.165) is 28.5 Å². The number of rotatable bonds is 8. The number of ketones is 1. The van der Waals surface area contributed by atoms with Gasteiger partial charge in [0, 0.05) is 6.08 Å². The number of aryl methyl sites for hydroxylation is 1. The maximum atomic E-state index is 12.0. The van der Waals surface area contributed by atoms with Gasteiger partial charge < -0.3 is 19.3 Å². The van der Waals surface area contributed by atoms with E-state index in [-0.39, 0.29) is 11.5 Å². The molecule has 2 rings (SSSR count). The van der Waals surface area contributed by atoms with Crippen LogP contribution in [-0.2, 0) is 4.79 Å². The topological polar surface area (TPSA) is 65.0 Å². The van der Waals surface area contributed by atoms with Crippen molar-refractivity contribution < 1.29 is 24.1 Å². The molecule has 0 saturated carbocycles. The average Bonchev–Trinajstić information content (AvgIpc) is 2.71. The molecular formula is C23H24O5. The van der Waals surface area contributed by atoms with Crippen molar-refractivity contribution in [1.82, 2.24) is 0 Å². The quantitative estimate of drug-likeness (QED) is 0.406.